The number of H-pyrrole nitrogens is 1. The van der Waals surface area contributed by atoms with Crippen molar-refractivity contribution in [3.05, 3.63) is 113 Å². The van der Waals surface area contributed by atoms with Gasteiger partial charge in [-0.15, -0.1) is 0 Å². The summed E-state index contributed by atoms with van der Waals surface area (Å²) in [6.07, 6.45) is 10.7. The van der Waals surface area contributed by atoms with E-state index in [1.54, 1.807) is 0 Å². The molecular formula is C36H41ClFN5O3. The van der Waals surface area contributed by atoms with Crippen LogP contribution in [0.5, 0.6) is 11.5 Å². The number of hydrogen-bond acceptors (Lipinski definition) is 6. The van der Waals surface area contributed by atoms with Crippen molar-refractivity contribution in [1.29, 1.82) is 0 Å². The molecule has 3 heterocycles. The molecule has 6 rings (SSSR count). The Labute approximate surface area is 274 Å². The van der Waals surface area contributed by atoms with Crippen molar-refractivity contribution in [3.8, 4) is 11.5 Å². The first-order valence-electron chi connectivity index (χ1n) is 16.1. The lowest BCUT2D eigenvalue weighted by molar-refractivity contribution is -0.150. The number of nitrogens with one attached hydrogen (secondary N) is 2. The summed E-state index contributed by atoms with van der Waals surface area (Å²) in [6.45, 7) is 4.28. The molecule has 0 spiro atoms. The van der Waals surface area contributed by atoms with Gasteiger partial charge < -0.3 is 29.4 Å². The van der Waals surface area contributed by atoms with Crippen LogP contribution >= 0.6 is 11.6 Å². The maximum Gasteiger partial charge on any atom is 0.260 e. The van der Waals surface area contributed by atoms with Crippen molar-refractivity contribution in [2.24, 2.45) is 0 Å². The number of nitrogens with zero attached hydrogens (tertiary/aromatic N) is 3. The Morgan fingerprint density at radius 1 is 0.978 bits per heavy atom. The minimum absolute atomic E-state index is 0.307. The summed E-state index contributed by atoms with van der Waals surface area (Å²) >= 11 is 6.35. The molecule has 0 aliphatic carbocycles. The minimum Gasteiger partial charge on any atom is -0.494 e. The van der Waals surface area contributed by atoms with Crippen LogP contribution in [-0.4, -0.2) is 57.2 Å². The smallest absolute Gasteiger partial charge is 0.260 e. The molecule has 8 nitrogen and oxygen atoms in total. The SMILES string of the molecule is OC(Oc1ccc(F)cc1)N1CCc2c([nH]c3ccc(Cl)cc23)C1c1ccc(OCCCCCCNCCCn2ccnc2)cc1. The Kier molecular flexibility index (Phi) is 10.9. The Morgan fingerprint density at radius 2 is 1.76 bits per heavy atom. The highest BCUT2D eigenvalue weighted by atomic mass is 35.5. The monoisotopic (exact) mass is 645 g/mol. The van der Waals surface area contributed by atoms with E-state index < -0.39 is 6.41 Å². The standard InChI is InChI=1S/C36H41ClFN5O3/c37-27-8-15-33-32(24-27)31-16-21-43(36(44)46-30-13-9-28(38)10-14-30)35(34(31)41-33)26-6-11-29(12-7-26)45-23-4-2-1-3-17-39-18-5-20-42-22-19-40-25-42/h6-15,19,22,24-25,35-36,39,41,44H,1-5,16-18,20-21,23H2. The number of unbranched alkanes of at least 4 members (excludes halogenated alkanes) is 3. The Balaban J connectivity index is 1.03. The first-order valence-corrected chi connectivity index (χ1v) is 16.5. The number of aromatic nitrogens is 3. The lowest BCUT2D eigenvalue weighted by Crippen LogP contribution is -2.46. The van der Waals surface area contributed by atoms with Crippen molar-refractivity contribution in [1.82, 2.24) is 24.8 Å². The molecule has 0 radical (unpaired) electrons. The van der Waals surface area contributed by atoms with Gasteiger partial charge in [0.25, 0.3) is 6.41 Å². The highest BCUT2D eigenvalue weighted by molar-refractivity contribution is 6.31. The Morgan fingerprint density at radius 3 is 2.57 bits per heavy atom. The lowest BCUT2D eigenvalue weighted by atomic mass is 9.92. The normalized spacial score (nSPS) is 15.6. The number of aromatic amines is 1. The van der Waals surface area contributed by atoms with Crippen molar-refractivity contribution in [3.63, 3.8) is 0 Å². The van der Waals surface area contributed by atoms with Crippen LogP contribution in [0, 0.1) is 5.82 Å². The molecular weight excluding hydrogens is 605 g/mol. The molecule has 3 N–H and O–H groups in total. The van der Waals surface area contributed by atoms with Crippen molar-refractivity contribution in [2.45, 2.75) is 57.5 Å². The summed E-state index contributed by atoms with van der Waals surface area (Å²) in [5, 5.41) is 16.6. The molecule has 10 heteroatoms. The van der Waals surface area contributed by atoms with Gasteiger partial charge in [-0.25, -0.2) is 14.3 Å². The van der Waals surface area contributed by atoms with Gasteiger partial charge in [0.05, 0.1) is 19.0 Å². The molecule has 46 heavy (non-hydrogen) atoms. The first-order chi connectivity index (χ1) is 22.5. The average Bonchev–Trinajstić information content (AvgIpc) is 3.72. The molecule has 242 valence electrons. The van der Waals surface area contributed by atoms with E-state index in [1.165, 1.54) is 36.2 Å². The number of benzene rings is 3. The average molecular weight is 646 g/mol. The van der Waals surface area contributed by atoms with Crippen LogP contribution in [0.25, 0.3) is 10.9 Å². The maximum absolute atomic E-state index is 13.5. The Bertz CT molecular complexity index is 1660. The van der Waals surface area contributed by atoms with Crippen LogP contribution in [-0.2, 0) is 13.0 Å². The van der Waals surface area contributed by atoms with Gasteiger partial charge in [-0.1, -0.05) is 36.6 Å². The van der Waals surface area contributed by atoms with Crippen LogP contribution in [0.3, 0.4) is 0 Å². The van der Waals surface area contributed by atoms with E-state index in [1.807, 2.05) is 66.1 Å². The Hall–Kier alpha value is -3.89. The molecule has 1 aliphatic rings. The van der Waals surface area contributed by atoms with Crippen LogP contribution in [0.15, 0.2) is 85.5 Å². The summed E-state index contributed by atoms with van der Waals surface area (Å²) in [6, 6.07) is 19.3. The number of aliphatic hydroxyl groups is 1. The second-order valence-electron chi connectivity index (χ2n) is 11.7. The van der Waals surface area contributed by atoms with E-state index in [4.69, 9.17) is 21.1 Å². The number of rotatable bonds is 16. The second-order valence-corrected chi connectivity index (χ2v) is 12.2. The number of halogens is 2. The fraction of sp³-hybridized carbons (Fsp3) is 0.361. The summed E-state index contributed by atoms with van der Waals surface area (Å²) in [4.78, 5) is 9.57. The summed E-state index contributed by atoms with van der Waals surface area (Å²) in [5.74, 6) is 0.851. The van der Waals surface area contributed by atoms with Crippen molar-refractivity contribution < 1.29 is 19.0 Å². The quantitative estimate of drug-likeness (QED) is 0.0786. The number of imidazole rings is 1. The molecule has 2 unspecified atom stereocenters. The molecule has 0 bridgehead atoms. The second kappa shape index (κ2) is 15.6. The molecule has 2 aromatic heterocycles. The van der Waals surface area contributed by atoms with Gasteiger partial charge in [-0.05, 0) is 104 Å². The van der Waals surface area contributed by atoms with Gasteiger partial charge >= 0.3 is 0 Å². The van der Waals surface area contributed by atoms with Gasteiger partial charge in [-0.3, -0.25) is 0 Å². The van der Waals surface area contributed by atoms with E-state index in [-0.39, 0.29) is 11.9 Å². The molecule has 5 aromatic rings. The number of ether oxygens (including phenoxy) is 2. The molecule has 1 aliphatic heterocycles. The molecule has 3 aromatic carbocycles. The van der Waals surface area contributed by atoms with E-state index in [0.29, 0.717) is 30.3 Å². The van der Waals surface area contributed by atoms with Gasteiger partial charge in [0, 0.05) is 47.1 Å². The third-order valence-electron chi connectivity index (χ3n) is 8.51. The zero-order chi connectivity index (χ0) is 31.7. The fourth-order valence-electron chi connectivity index (χ4n) is 6.15. The third kappa shape index (κ3) is 8.09. The van der Waals surface area contributed by atoms with Crippen LogP contribution in [0.1, 0.15) is 55.0 Å². The summed E-state index contributed by atoms with van der Waals surface area (Å²) in [7, 11) is 0. The zero-order valence-electron chi connectivity index (χ0n) is 25.9. The summed E-state index contributed by atoms with van der Waals surface area (Å²) < 4.78 is 27.5. The van der Waals surface area contributed by atoms with E-state index in [2.05, 4.69) is 19.9 Å². The third-order valence-corrected chi connectivity index (χ3v) is 8.74. The molecule has 0 saturated carbocycles. The topological polar surface area (TPSA) is 87.6 Å². The molecule has 0 amide bonds. The highest BCUT2D eigenvalue weighted by Gasteiger charge is 2.36. The number of fused-ring (bicyclic) bond motifs is 3. The lowest BCUT2D eigenvalue weighted by Gasteiger charge is -2.38. The van der Waals surface area contributed by atoms with Crippen LogP contribution in [0.4, 0.5) is 4.39 Å². The van der Waals surface area contributed by atoms with Gasteiger partial charge in [0.1, 0.15) is 17.3 Å². The molecule has 0 fully saturated rings. The van der Waals surface area contributed by atoms with Gasteiger partial charge in [0.15, 0.2) is 0 Å². The molecule has 0 saturated heterocycles. The predicted molar refractivity (Wildman–Crippen MR) is 179 cm³/mol. The van der Waals surface area contributed by atoms with E-state index >= 15 is 0 Å². The zero-order valence-corrected chi connectivity index (χ0v) is 26.6. The maximum atomic E-state index is 13.5. The molecule has 2 atom stereocenters. The number of aryl methyl sites for hydroxylation is 1. The van der Waals surface area contributed by atoms with Gasteiger partial charge in [0.2, 0.25) is 0 Å². The van der Waals surface area contributed by atoms with Crippen molar-refractivity contribution >= 4 is 22.5 Å². The van der Waals surface area contributed by atoms with Crippen LogP contribution in [0.2, 0.25) is 5.02 Å². The van der Waals surface area contributed by atoms with Gasteiger partial charge in [-0.2, -0.15) is 0 Å². The highest BCUT2D eigenvalue weighted by Crippen LogP contribution is 2.40. The number of aliphatic hydroxyl groups excluding tert-OH is 1. The summed E-state index contributed by atoms with van der Waals surface area (Å²) in [5.41, 5.74) is 4.16. The minimum atomic E-state index is -1.24. The predicted octanol–water partition coefficient (Wildman–Crippen LogP) is 7.08. The van der Waals surface area contributed by atoms with Crippen molar-refractivity contribution in [2.75, 3.05) is 26.2 Å². The van der Waals surface area contributed by atoms with E-state index in [9.17, 15) is 9.50 Å². The van der Waals surface area contributed by atoms with Crippen LogP contribution < -0.4 is 14.8 Å². The number of hydrogen-bond donors (Lipinski definition) is 3. The van der Waals surface area contributed by atoms with E-state index in [0.717, 1.165) is 73.2 Å². The largest absolute Gasteiger partial charge is 0.494 e. The first kappa shape index (κ1) is 32.1. The fourth-order valence-corrected chi connectivity index (χ4v) is 6.32.